The standard InChI is InChI=1S/C14H16N4O6S/c1-9(7-15)16-14(20)11(8-25(2,23)24)17-13(19)10-5-3-4-6-12(10)18(21)22/h3-6,9,11H,8H2,1-2H3,(H,16,20)(H,17,19). The molecule has 2 unspecified atom stereocenters. The molecular formula is C14H16N4O6S. The van der Waals surface area contributed by atoms with Crippen molar-refractivity contribution in [3.05, 3.63) is 39.9 Å². The summed E-state index contributed by atoms with van der Waals surface area (Å²) in [6, 6.07) is 4.38. The van der Waals surface area contributed by atoms with Crippen molar-refractivity contribution in [3.8, 4) is 6.07 Å². The Labute approximate surface area is 143 Å². The maximum atomic E-state index is 12.3. The summed E-state index contributed by atoms with van der Waals surface area (Å²) in [6.45, 7) is 1.37. The van der Waals surface area contributed by atoms with Crippen LogP contribution >= 0.6 is 0 Å². The number of nitro groups is 1. The van der Waals surface area contributed by atoms with E-state index in [1.54, 1.807) is 6.07 Å². The zero-order valence-electron chi connectivity index (χ0n) is 13.4. The number of nitro benzene ring substituents is 1. The van der Waals surface area contributed by atoms with Gasteiger partial charge >= 0.3 is 0 Å². The van der Waals surface area contributed by atoms with E-state index >= 15 is 0 Å². The van der Waals surface area contributed by atoms with Gasteiger partial charge in [0.1, 0.15) is 27.5 Å². The van der Waals surface area contributed by atoms with Crippen LogP contribution in [-0.4, -0.2) is 49.2 Å². The topological polar surface area (TPSA) is 159 Å². The van der Waals surface area contributed by atoms with E-state index in [4.69, 9.17) is 5.26 Å². The first-order valence-electron chi connectivity index (χ1n) is 6.97. The van der Waals surface area contributed by atoms with E-state index in [1.807, 2.05) is 0 Å². The van der Waals surface area contributed by atoms with Gasteiger partial charge in [-0.25, -0.2) is 8.42 Å². The fourth-order valence-corrected chi connectivity index (χ4v) is 2.73. The van der Waals surface area contributed by atoms with Crippen molar-refractivity contribution in [2.45, 2.75) is 19.0 Å². The van der Waals surface area contributed by atoms with Gasteiger partial charge in [0.15, 0.2) is 0 Å². The highest BCUT2D eigenvalue weighted by molar-refractivity contribution is 7.90. The van der Waals surface area contributed by atoms with Crippen LogP contribution in [0, 0.1) is 21.4 Å². The van der Waals surface area contributed by atoms with Crippen molar-refractivity contribution in [1.29, 1.82) is 5.26 Å². The van der Waals surface area contributed by atoms with Crippen molar-refractivity contribution in [2.75, 3.05) is 12.0 Å². The number of benzene rings is 1. The summed E-state index contributed by atoms with van der Waals surface area (Å²) in [5, 5.41) is 24.1. The lowest BCUT2D eigenvalue weighted by Gasteiger charge is -2.18. The summed E-state index contributed by atoms with van der Waals surface area (Å²) in [5.41, 5.74) is -0.795. The number of nitriles is 1. The first-order valence-corrected chi connectivity index (χ1v) is 9.03. The number of rotatable bonds is 7. The lowest BCUT2D eigenvalue weighted by Crippen LogP contribution is -2.52. The molecule has 0 aliphatic rings. The van der Waals surface area contributed by atoms with Crippen LogP contribution in [-0.2, 0) is 14.6 Å². The smallest absolute Gasteiger partial charge is 0.282 e. The van der Waals surface area contributed by atoms with E-state index in [2.05, 4.69) is 10.6 Å². The van der Waals surface area contributed by atoms with E-state index in [1.165, 1.54) is 25.1 Å². The summed E-state index contributed by atoms with van der Waals surface area (Å²) in [5.74, 6) is -2.57. The number of nitrogens with one attached hydrogen (secondary N) is 2. The molecule has 2 N–H and O–H groups in total. The monoisotopic (exact) mass is 368 g/mol. The third kappa shape index (κ3) is 6.19. The van der Waals surface area contributed by atoms with E-state index in [9.17, 15) is 28.1 Å². The second kappa shape index (κ2) is 8.20. The first kappa shape index (κ1) is 20.0. The van der Waals surface area contributed by atoms with Gasteiger partial charge in [0.25, 0.3) is 11.6 Å². The predicted octanol–water partition coefficient (Wildman–Crippen LogP) is -0.234. The molecule has 10 nitrogen and oxygen atoms in total. The SMILES string of the molecule is CC(C#N)NC(=O)C(CS(C)(=O)=O)NC(=O)c1ccccc1[N+](=O)[O-]. The van der Waals surface area contributed by atoms with Gasteiger partial charge in [0, 0.05) is 12.3 Å². The minimum atomic E-state index is -3.66. The molecule has 1 aromatic carbocycles. The van der Waals surface area contributed by atoms with Gasteiger partial charge in [0.05, 0.1) is 16.7 Å². The van der Waals surface area contributed by atoms with Crippen LogP contribution in [0.3, 0.4) is 0 Å². The van der Waals surface area contributed by atoms with E-state index in [-0.39, 0.29) is 5.56 Å². The highest BCUT2D eigenvalue weighted by atomic mass is 32.2. The third-order valence-electron chi connectivity index (χ3n) is 2.99. The Bertz CT molecular complexity index is 830. The number of amides is 2. The summed E-state index contributed by atoms with van der Waals surface area (Å²) >= 11 is 0. The van der Waals surface area contributed by atoms with Gasteiger partial charge < -0.3 is 10.6 Å². The number of carbonyl (C=O) groups is 2. The molecule has 2 atom stereocenters. The maximum absolute atomic E-state index is 12.3. The number of carbonyl (C=O) groups excluding carboxylic acids is 2. The molecule has 25 heavy (non-hydrogen) atoms. The maximum Gasteiger partial charge on any atom is 0.282 e. The Morgan fingerprint density at radius 3 is 2.44 bits per heavy atom. The van der Waals surface area contributed by atoms with Crippen LogP contribution in [0.5, 0.6) is 0 Å². The van der Waals surface area contributed by atoms with E-state index in [0.29, 0.717) is 0 Å². The summed E-state index contributed by atoms with van der Waals surface area (Å²) in [4.78, 5) is 34.6. The average Bonchev–Trinajstić information content (AvgIpc) is 2.52. The van der Waals surface area contributed by atoms with Crippen molar-refractivity contribution >= 4 is 27.3 Å². The zero-order chi connectivity index (χ0) is 19.2. The van der Waals surface area contributed by atoms with Gasteiger partial charge in [-0.15, -0.1) is 0 Å². The molecule has 0 aliphatic heterocycles. The highest BCUT2D eigenvalue weighted by Crippen LogP contribution is 2.17. The molecule has 1 aromatic rings. The number of hydrogen-bond acceptors (Lipinski definition) is 7. The van der Waals surface area contributed by atoms with E-state index in [0.717, 1.165) is 12.3 Å². The molecule has 0 saturated heterocycles. The van der Waals surface area contributed by atoms with Crippen LogP contribution in [0.2, 0.25) is 0 Å². The number of nitrogens with zero attached hydrogens (tertiary/aromatic N) is 2. The Balaban J connectivity index is 3.09. The molecule has 0 saturated carbocycles. The van der Waals surface area contributed by atoms with Crippen LogP contribution in [0.4, 0.5) is 5.69 Å². The first-order chi connectivity index (χ1) is 11.5. The number of para-hydroxylation sites is 1. The molecule has 0 aliphatic carbocycles. The molecule has 0 aromatic heterocycles. The highest BCUT2D eigenvalue weighted by Gasteiger charge is 2.28. The molecule has 2 amide bonds. The lowest BCUT2D eigenvalue weighted by atomic mass is 10.1. The molecule has 0 bridgehead atoms. The number of hydrogen-bond donors (Lipinski definition) is 2. The fourth-order valence-electron chi connectivity index (χ4n) is 1.89. The summed E-state index contributed by atoms with van der Waals surface area (Å²) < 4.78 is 23.0. The van der Waals surface area contributed by atoms with Gasteiger partial charge in [-0.05, 0) is 13.0 Å². The quantitative estimate of drug-likeness (QED) is 0.496. The Morgan fingerprint density at radius 2 is 1.92 bits per heavy atom. The Morgan fingerprint density at radius 1 is 1.32 bits per heavy atom. The van der Waals surface area contributed by atoms with Crippen molar-refractivity contribution in [3.63, 3.8) is 0 Å². The number of sulfone groups is 1. The van der Waals surface area contributed by atoms with Crippen molar-refractivity contribution in [2.24, 2.45) is 0 Å². The van der Waals surface area contributed by atoms with Crippen LogP contribution in [0.1, 0.15) is 17.3 Å². The predicted molar refractivity (Wildman–Crippen MR) is 87.3 cm³/mol. The second-order valence-corrected chi connectivity index (χ2v) is 7.44. The molecule has 0 radical (unpaired) electrons. The molecule has 0 fully saturated rings. The lowest BCUT2D eigenvalue weighted by molar-refractivity contribution is -0.385. The normalized spacial score (nSPS) is 13.2. The third-order valence-corrected chi connectivity index (χ3v) is 3.93. The Hall–Kier alpha value is -3.00. The van der Waals surface area contributed by atoms with Gasteiger partial charge in [-0.3, -0.25) is 19.7 Å². The molecular weight excluding hydrogens is 352 g/mol. The van der Waals surface area contributed by atoms with E-state index < -0.39 is 50.1 Å². The van der Waals surface area contributed by atoms with Crippen molar-refractivity contribution in [1.82, 2.24) is 10.6 Å². The molecule has 134 valence electrons. The molecule has 1 rings (SSSR count). The van der Waals surface area contributed by atoms with Crippen molar-refractivity contribution < 1.29 is 22.9 Å². The zero-order valence-corrected chi connectivity index (χ0v) is 14.2. The molecule has 0 spiro atoms. The largest absolute Gasteiger partial charge is 0.339 e. The van der Waals surface area contributed by atoms with Gasteiger partial charge in [0.2, 0.25) is 5.91 Å². The van der Waals surface area contributed by atoms with Crippen LogP contribution in [0.15, 0.2) is 24.3 Å². The minimum absolute atomic E-state index is 0.313. The van der Waals surface area contributed by atoms with Crippen LogP contribution < -0.4 is 10.6 Å². The summed E-state index contributed by atoms with van der Waals surface area (Å²) in [6.07, 6.45) is 0.873. The molecule has 11 heteroatoms. The fraction of sp³-hybridized carbons (Fsp3) is 0.357. The van der Waals surface area contributed by atoms with Gasteiger partial charge in [-0.1, -0.05) is 12.1 Å². The summed E-state index contributed by atoms with van der Waals surface area (Å²) in [7, 11) is -3.66. The second-order valence-electron chi connectivity index (χ2n) is 5.25. The average molecular weight is 368 g/mol. The Kier molecular flexibility index (Phi) is 6.58. The minimum Gasteiger partial charge on any atom is -0.339 e. The van der Waals surface area contributed by atoms with Gasteiger partial charge in [-0.2, -0.15) is 5.26 Å². The molecule has 0 heterocycles. The van der Waals surface area contributed by atoms with Crippen LogP contribution in [0.25, 0.3) is 0 Å².